The number of fused-ring (bicyclic) bond motifs is 3. The van der Waals surface area contributed by atoms with Crippen molar-refractivity contribution < 1.29 is 23.9 Å². The molecule has 1 heterocycles. The third-order valence-electron chi connectivity index (χ3n) is 7.45. The maximum atomic E-state index is 13.2. The lowest BCUT2D eigenvalue weighted by Crippen LogP contribution is -2.52. The topological polar surface area (TPSA) is 97.0 Å². The SMILES string of the molecule is CC(C)(C)OC(=O)NCCCCCCNC(=O)C1CCCCN1C(=O)OCC1c2ccccc2-c2ccccc21. The largest absolute Gasteiger partial charge is 0.448 e. The average molecular weight is 550 g/mol. The van der Waals surface area contributed by atoms with E-state index in [1.807, 2.05) is 45.0 Å². The Balaban J connectivity index is 1.19. The molecule has 0 bridgehead atoms. The molecule has 40 heavy (non-hydrogen) atoms. The van der Waals surface area contributed by atoms with Crippen molar-refractivity contribution in [2.45, 2.75) is 83.3 Å². The van der Waals surface area contributed by atoms with Crippen LogP contribution in [0.15, 0.2) is 48.5 Å². The van der Waals surface area contributed by atoms with Gasteiger partial charge < -0.3 is 20.1 Å². The molecule has 0 spiro atoms. The number of carbonyl (C=O) groups excluding carboxylic acids is 3. The molecular formula is C32H43N3O5. The molecule has 0 aromatic heterocycles. The Labute approximate surface area is 237 Å². The molecule has 1 saturated heterocycles. The van der Waals surface area contributed by atoms with Crippen LogP contribution in [-0.2, 0) is 14.3 Å². The molecule has 1 aliphatic heterocycles. The molecule has 4 rings (SSSR count). The summed E-state index contributed by atoms with van der Waals surface area (Å²) in [6.45, 7) is 7.42. The molecule has 2 aromatic rings. The van der Waals surface area contributed by atoms with Crippen LogP contribution >= 0.6 is 0 Å². The number of amides is 3. The highest BCUT2D eigenvalue weighted by Gasteiger charge is 2.35. The van der Waals surface area contributed by atoms with Gasteiger partial charge in [-0.15, -0.1) is 0 Å². The van der Waals surface area contributed by atoms with Crippen LogP contribution in [0.2, 0.25) is 0 Å². The number of hydrogen-bond acceptors (Lipinski definition) is 5. The van der Waals surface area contributed by atoms with Crippen molar-refractivity contribution in [1.82, 2.24) is 15.5 Å². The highest BCUT2D eigenvalue weighted by molar-refractivity contribution is 5.86. The molecule has 3 amide bonds. The summed E-state index contributed by atoms with van der Waals surface area (Å²) in [5.41, 5.74) is 4.22. The fraction of sp³-hybridized carbons (Fsp3) is 0.531. The Morgan fingerprint density at radius 2 is 1.45 bits per heavy atom. The molecule has 1 fully saturated rings. The number of nitrogens with one attached hydrogen (secondary N) is 2. The van der Waals surface area contributed by atoms with Gasteiger partial charge in [0.25, 0.3) is 0 Å². The second-order valence-electron chi connectivity index (χ2n) is 11.6. The van der Waals surface area contributed by atoms with Crippen molar-refractivity contribution in [1.29, 1.82) is 0 Å². The molecule has 1 atom stereocenters. The van der Waals surface area contributed by atoms with Gasteiger partial charge in [0.2, 0.25) is 5.91 Å². The van der Waals surface area contributed by atoms with Gasteiger partial charge in [0, 0.05) is 25.6 Å². The van der Waals surface area contributed by atoms with E-state index in [2.05, 4.69) is 34.9 Å². The number of unbranched alkanes of at least 4 members (excludes halogenated alkanes) is 3. The predicted octanol–water partition coefficient (Wildman–Crippen LogP) is 5.99. The van der Waals surface area contributed by atoms with Crippen molar-refractivity contribution in [3.63, 3.8) is 0 Å². The summed E-state index contributed by atoms with van der Waals surface area (Å²) in [5.74, 6) is -0.118. The first-order valence-electron chi connectivity index (χ1n) is 14.6. The van der Waals surface area contributed by atoms with Crippen LogP contribution in [0.25, 0.3) is 11.1 Å². The zero-order chi connectivity index (χ0) is 28.5. The third kappa shape index (κ3) is 7.77. The molecule has 216 valence electrons. The van der Waals surface area contributed by atoms with Crippen LogP contribution < -0.4 is 10.6 Å². The lowest BCUT2D eigenvalue weighted by Gasteiger charge is -2.34. The fourth-order valence-corrected chi connectivity index (χ4v) is 5.54. The Hall–Kier alpha value is -3.55. The number of hydrogen-bond donors (Lipinski definition) is 2. The second-order valence-corrected chi connectivity index (χ2v) is 11.6. The molecule has 1 aliphatic carbocycles. The zero-order valence-electron chi connectivity index (χ0n) is 24.0. The van der Waals surface area contributed by atoms with E-state index in [1.165, 1.54) is 22.3 Å². The highest BCUT2D eigenvalue weighted by Crippen LogP contribution is 2.44. The standard InChI is InChI=1S/C32H43N3O5/c1-32(2,3)40-30(37)34-20-12-5-4-11-19-33-29(36)28-18-10-13-21-35(28)31(38)39-22-27-25-16-8-6-14-23(25)24-15-7-9-17-26(24)27/h6-9,14-17,27-28H,4-5,10-13,18-22H2,1-3H3,(H,33,36)(H,34,37). The quantitative estimate of drug-likeness (QED) is 0.355. The number of carbonyl (C=O) groups is 3. The summed E-state index contributed by atoms with van der Waals surface area (Å²) in [7, 11) is 0. The van der Waals surface area contributed by atoms with E-state index in [0.29, 0.717) is 26.1 Å². The Bertz CT molecular complexity index is 1130. The third-order valence-corrected chi connectivity index (χ3v) is 7.45. The van der Waals surface area contributed by atoms with Gasteiger partial charge in [-0.05, 0) is 75.1 Å². The Morgan fingerprint density at radius 3 is 2.08 bits per heavy atom. The highest BCUT2D eigenvalue weighted by atomic mass is 16.6. The molecule has 0 saturated carbocycles. The van der Waals surface area contributed by atoms with Crippen LogP contribution in [0.1, 0.15) is 82.8 Å². The molecule has 2 aromatic carbocycles. The summed E-state index contributed by atoms with van der Waals surface area (Å²) in [4.78, 5) is 39.5. The van der Waals surface area contributed by atoms with E-state index in [-0.39, 0.29) is 18.4 Å². The number of alkyl carbamates (subject to hydrolysis) is 1. The summed E-state index contributed by atoms with van der Waals surface area (Å²) in [6, 6.07) is 16.0. The van der Waals surface area contributed by atoms with Gasteiger partial charge in [-0.25, -0.2) is 9.59 Å². The van der Waals surface area contributed by atoms with Crippen LogP contribution in [0.5, 0.6) is 0 Å². The van der Waals surface area contributed by atoms with E-state index in [9.17, 15) is 14.4 Å². The molecule has 8 heteroatoms. The van der Waals surface area contributed by atoms with E-state index in [1.54, 1.807) is 4.90 Å². The Morgan fingerprint density at radius 1 is 0.850 bits per heavy atom. The Kier molecular flexibility index (Phi) is 10.1. The van der Waals surface area contributed by atoms with Gasteiger partial charge in [0.15, 0.2) is 0 Å². The first-order valence-corrected chi connectivity index (χ1v) is 14.6. The number of likely N-dealkylation sites (tertiary alicyclic amines) is 1. The minimum atomic E-state index is -0.499. The van der Waals surface area contributed by atoms with Crippen molar-refractivity contribution in [3.8, 4) is 11.1 Å². The fourth-order valence-electron chi connectivity index (χ4n) is 5.54. The van der Waals surface area contributed by atoms with Gasteiger partial charge in [-0.2, -0.15) is 0 Å². The van der Waals surface area contributed by atoms with Gasteiger partial charge in [-0.3, -0.25) is 9.69 Å². The van der Waals surface area contributed by atoms with Crippen LogP contribution in [0.3, 0.4) is 0 Å². The second kappa shape index (κ2) is 13.7. The van der Waals surface area contributed by atoms with Crippen LogP contribution in [-0.4, -0.2) is 60.9 Å². The minimum Gasteiger partial charge on any atom is -0.448 e. The van der Waals surface area contributed by atoms with Crippen molar-refractivity contribution >= 4 is 18.1 Å². The van der Waals surface area contributed by atoms with Crippen molar-refractivity contribution in [3.05, 3.63) is 59.7 Å². The number of piperidine rings is 1. The maximum absolute atomic E-state index is 13.2. The van der Waals surface area contributed by atoms with Gasteiger partial charge in [0.1, 0.15) is 18.2 Å². The molecule has 2 aliphatic rings. The average Bonchev–Trinajstić information content (AvgIpc) is 3.25. The number of rotatable bonds is 10. The summed E-state index contributed by atoms with van der Waals surface area (Å²) >= 11 is 0. The smallest absolute Gasteiger partial charge is 0.410 e. The molecule has 2 N–H and O–H groups in total. The van der Waals surface area contributed by atoms with E-state index in [0.717, 1.165) is 38.5 Å². The van der Waals surface area contributed by atoms with Gasteiger partial charge in [0.05, 0.1) is 0 Å². The van der Waals surface area contributed by atoms with Crippen LogP contribution in [0, 0.1) is 0 Å². The first-order chi connectivity index (χ1) is 19.2. The van der Waals surface area contributed by atoms with Crippen molar-refractivity contribution in [2.24, 2.45) is 0 Å². The number of benzene rings is 2. The molecule has 8 nitrogen and oxygen atoms in total. The number of nitrogens with zero attached hydrogens (tertiary/aromatic N) is 1. The lowest BCUT2D eigenvalue weighted by molar-refractivity contribution is -0.127. The first kappa shape index (κ1) is 29.4. The lowest BCUT2D eigenvalue weighted by atomic mass is 9.98. The van der Waals surface area contributed by atoms with E-state index >= 15 is 0 Å². The number of ether oxygens (including phenoxy) is 2. The minimum absolute atomic E-state index is 0.00671. The molecule has 1 unspecified atom stereocenters. The molecular weight excluding hydrogens is 506 g/mol. The monoisotopic (exact) mass is 549 g/mol. The van der Waals surface area contributed by atoms with E-state index in [4.69, 9.17) is 9.47 Å². The summed E-state index contributed by atoms with van der Waals surface area (Å²) < 4.78 is 11.1. The van der Waals surface area contributed by atoms with Crippen molar-refractivity contribution in [2.75, 3.05) is 26.2 Å². The maximum Gasteiger partial charge on any atom is 0.410 e. The molecule has 0 radical (unpaired) electrons. The summed E-state index contributed by atoms with van der Waals surface area (Å²) in [6.07, 6.45) is 5.19. The summed E-state index contributed by atoms with van der Waals surface area (Å²) in [5, 5.41) is 5.78. The van der Waals surface area contributed by atoms with Crippen LogP contribution in [0.4, 0.5) is 9.59 Å². The van der Waals surface area contributed by atoms with Gasteiger partial charge in [-0.1, -0.05) is 61.4 Å². The van der Waals surface area contributed by atoms with E-state index < -0.39 is 23.8 Å². The zero-order valence-corrected chi connectivity index (χ0v) is 24.0. The normalized spacial score (nSPS) is 16.6. The van der Waals surface area contributed by atoms with Gasteiger partial charge >= 0.3 is 12.2 Å². The predicted molar refractivity (Wildman–Crippen MR) is 155 cm³/mol.